The third-order valence-corrected chi connectivity index (χ3v) is 2.05. The number of pyridine rings is 1. The molecular formula is C10H12N2O3. The zero-order chi connectivity index (χ0) is 11.4. The number of aromatic nitrogens is 1. The lowest BCUT2D eigenvalue weighted by Gasteiger charge is -2.13. The first kappa shape index (κ1) is 11.4. The topological polar surface area (TPSA) is 75.1 Å². The first-order valence-corrected chi connectivity index (χ1v) is 4.33. The van der Waals surface area contributed by atoms with E-state index in [1.54, 1.807) is 13.0 Å². The first-order chi connectivity index (χ1) is 7.13. The number of aryl methyl sites for hydroxylation is 1. The fraction of sp³-hybridized carbons (Fsp3) is 0.400. The molecule has 0 radical (unpaired) electrons. The Bertz CT molecular complexity index is 441. The van der Waals surface area contributed by atoms with Crippen molar-refractivity contribution < 1.29 is 9.47 Å². The van der Waals surface area contributed by atoms with Gasteiger partial charge in [0.15, 0.2) is 6.29 Å². The number of nitrogens with one attached hydrogen (secondary N) is 1. The summed E-state index contributed by atoms with van der Waals surface area (Å²) < 4.78 is 9.99. The molecule has 0 spiro atoms. The SMILES string of the molecule is COC(OC)c1cc(C)c(C#N)c(=O)[nH]1. The minimum absolute atomic E-state index is 0.115. The van der Waals surface area contributed by atoms with Gasteiger partial charge in [0.25, 0.3) is 5.56 Å². The Kier molecular flexibility index (Phi) is 3.61. The lowest BCUT2D eigenvalue weighted by atomic mass is 10.1. The highest BCUT2D eigenvalue weighted by Crippen LogP contribution is 2.15. The van der Waals surface area contributed by atoms with Crippen LogP contribution in [0.5, 0.6) is 0 Å². The van der Waals surface area contributed by atoms with Crippen LogP contribution in [0.4, 0.5) is 0 Å². The van der Waals surface area contributed by atoms with Crippen LogP contribution < -0.4 is 5.56 Å². The molecule has 0 amide bonds. The maximum absolute atomic E-state index is 11.4. The Morgan fingerprint density at radius 2 is 2.07 bits per heavy atom. The zero-order valence-electron chi connectivity index (χ0n) is 8.83. The lowest BCUT2D eigenvalue weighted by Crippen LogP contribution is -2.18. The number of ether oxygens (including phenoxy) is 2. The van der Waals surface area contributed by atoms with Crippen molar-refractivity contribution in [1.82, 2.24) is 4.98 Å². The number of aromatic amines is 1. The molecule has 0 atom stereocenters. The van der Waals surface area contributed by atoms with Crippen LogP contribution >= 0.6 is 0 Å². The van der Waals surface area contributed by atoms with E-state index < -0.39 is 11.8 Å². The maximum Gasteiger partial charge on any atom is 0.266 e. The van der Waals surface area contributed by atoms with Crippen LogP contribution in [0.15, 0.2) is 10.9 Å². The molecule has 5 nitrogen and oxygen atoms in total. The number of nitrogens with zero attached hydrogens (tertiary/aromatic N) is 1. The standard InChI is InChI=1S/C10H12N2O3/c1-6-4-8(10(14-2)15-3)12-9(13)7(6)5-11/h4,10H,1-3H3,(H,12,13). The molecule has 0 aliphatic carbocycles. The Morgan fingerprint density at radius 1 is 1.47 bits per heavy atom. The van der Waals surface area contributed by atoms with E-state index in [4.69, 9.17) is 14.7 Å². The van der Waals surface area contributed by atoms with E-state index in [1.807, 2.05) is 6.07 Å². The van der Waals surface area contributed by atoms with E-state index >= 15 is 0 Å². The van der Waals surface area contributed by atoms with E-state index in [2.05, 4.69) is 4.98 Å². The summed E-state index contributed by atoms with van der Waals surface area (Å²) in [6.07, 6.45) is -0.621. The van der Waals surface area contributed by atoms with Crippen molar-refractivity contribution in [2.45, 2.75) is 13.2 Å². The van der Waals surface area contributed by atoms with E-state index in [1.165, 1.54) is 14.2 Å². The average molecular weight is 208 g/mol. The maximum atomic E-state index is 11.4. The first-order valence-electron chi connectivity index (χ1n) is 4.33. The Balaban J connectivity index is 3.26. The third-order valence-electron chi connectivity index (χ3n) is 2.05. The van der Waals surface area contributed by atoms with Crippen LogP contribution in [0.25, 0.3) is 0 Å². The normalized spacial score (nSPS) is 10.3. The van der Waals surface area contributed by atoms with Gasteiger partial charge in [0, 0.05) is 14.2 Å². The molecule has 0 saturated heterocycles. The number of hydrogen-bond donors (Lipinski definition) is 1. The van der Waals surface area contributed by atoms with Crippen molar-refractivity contribution in [2.75, 3.05) is 14.2 Å². The second-order valence-electron chi connectivity index (χ2n) is 3.03. The van der Waals surface area contributed by atoms with Gasteiger partial charge in [0.2, 0.25) is 0 Å². The minimum Gasteiger partial charge on any atom is -0.350 e. The van der Waals surface area contributed by atoms with E-state index in [-0.39, 0.29) is 5.56 Å². The summed E-state index contributed by atoms with van der Waals surface area (Å²) in [6.45, 7) is 1.69. The quantitative estimate of drug-likeness (QED) is 0.747. The Labute approximate surface area is 87.3 Å². The van der Waals surface area contributed by atoms with Crippen LogP contribution in [0.3, 0.4) is 0 Å². The molecule has 0 bridgehead atoms. The van der Waals surface area contributed by atoms with E-state index in [9.17, 15) is 4.79 Å². The summed E-state index contributed by atoms with van der Waals surface area (Å²) in [5, 5.41) is 8.71. The minimum atomic E-state index is -0.621. The Hall–Kier alpha value is -1.64. The summed E-state index contributed by atoms with van der Waals surface area (Å²) in [5.41, 5.74) is 0.799. The molecule has 1 aromatic rings. The Morgan fingerprint density at radius 3 is 2.47 bits per heavy atom. The predicted molar refractivity (Wildman–Crippen MR) is 53.3 cm³/mol. The van der Waals surface area contributed by atoms with Gasteiger partial charge in [-0.25, -0.2) is 0 Å². The van der Waals surface area contributed by atoms with Crippen LogP contribution in [-0.2, 0) is 9.47 Å². The van der Waals surface area contributed by atoms with Gasteiger partial charge in [0.1, 0.15) is 11.6 Å². The molecular weight excluding hydrogens is 196 g/mol. The summed E-state index contributed by atoms with van der Waals surface area (Å²) in [5.74, 6) is 0. The number of hydrogen-bond acceptors (Lipinski definition) is 4. The molecule has 1 rings (SSSR count). The highest BCUT2D eigenvalue weighted by Gasteiger charge is 2.13. The zero-order valence-corrected chi connectivity index (χ0v) is 8.83. The van der Waals surface area contributed by atoms with Gasteiger partial charge in [-0.3, -0.25) is 4.79 Å². The number of rotatable bonds is 3. The third kappa shape index (κ3) is 2.24. The molecule has 0 aromatic carbocycles. The van der Waals surface area contributed by atoms with Crippen LogP contribution in [0.2, 0.25) is 0 Å². The second kappa shape index (κ2) is 4.73. The van der Waals surface area contributed by atoms with Crippen LogP contribution in [-0.4, -0.2) is 19.2 Å². The molecule has 1 N–H and O–H groups in total. The van der Waals surface area contributed by atoms with E-state index in [0.29, 0.717) is 11.3 Å². The number of nitriles is 1. The van der Waals surface area contributed by atoms with Crippen molar-refractivity contribution in [1.29, 1.82) is 5.26 Å². The monoisotopic (exact) mass is 208 g/mol. The molecule has 15 heavy (non-hydrogen) atoms. The fourth-order valence-electron chi connectivity index (χ4n) is 1.33. The highest BCUT2D eigenvalue weighted by atomic mass is 16.7. The molecule has 0 aliphatic heterocycles. The highest BCUT2D eigenvalue weighted by molar-refractivity contribution is 5.35. The summed E-state index contributed by atoms with van der Waals surface area (Å²) in [6, 6.07) is 3.50. The number of H-pyrrole nitrogens is 1. The second-order valence-corrected chi connectivity index (χ2v) is 3.03. The smallest absolute Gasteiger partial charge is 0.266 e. The van der Waals surface area contributed by atoms with Gasteiger partial charge >= 0.3 is 0 Å². The van der Waals surface area contributed by atoms with Crippen molar-refractivity contribution >= 4 is 0 Å². The van der Waals surface area contributed by atoms with Gasteiger partial charge < -0.3 is 14.5 Å². The van der Waals surface area contributed by atoms with E-state index in [0.717, 1.165) is 0 Å². The molecule has 0 aliphatic rings. The molecule has 1 heterocycles. The molecule has 0 fully saturated rings. The van der Waals surface area contributed by atoms with Gasteiger partial charge in [0.05, 0.1) is 5.69 Å². The summed E-state index contributed by atoms with van der Waals surface area (Å²) >= 11 is 0. The molecule has 0 saturated carbocycles. The predicted octanol–water partition coefficient (Wildman–Crippen LogP) is 0.846. The van der Waals surface area contributed by atoms with Crippen molar-refractivity contribution in [3.63, 3.8) is 0 Å². The van der Waals surface area contributed by atoms with Crippen LogP contribution in [0, 0.1) is 18.3 Å². The molecule has 1 aromatic heterocycles. The van der Waals surface area contributed by atoms with Crippen molar-refractivity contribution in [3.8, 4) is 6.07 Å². The fourth-order valence-corrected chi connectivity index (χ4v) is 1.33. The van der Waals surface area contributed by atoms with Gasteiger partial charge in [-0.2, -0.15) is 5.26 Å². The van der Waals surface area contributed by atoms with Crippen molar-refractivity contribution in [3.05, 3.63) is 33.2 Å². The molecule has 80 valence electrons. The lowest BCUT2D eigenvalue weighted by molar-refractivity contribution is -0.108. The summed E-state index contributed by atoms with van der Waals surface area (Å²) in [4.78, 5) is 14.0. The average Bonchev–Trinajstić information content (AvgIpc) is 2.19. The largest absolute Gasteiger partial charge is 0.350 e. The van der Waals surface area contributed by atoms with Gasteiger partial charge in [-0.05, 0) is 18.6 Å². The van der Waals surface area contributed by atoms with Crippen LogP contribution in [0.1, 0.15) is 23.1 Å². The number of methoxy groups -OCH3 is 2. The summed E-state index contributed by atoms with van der Waals surface area (Å²) in [7, 11) is 2.94. The molecule has 5 heteroatoms. The molecule has 0 unspecified atom stereocenters. The van der Waals surface area contributed by atoms with Gasteiger partial charge in [-0.15, -0.1) is 0 Å². The van der Waals surface area contributed by atoms with Crippen molar-refractivity contribution in [2.24, 2.45) is 0 Å². The van der Waals surface area contributed by atoms with Gasteiger partial charge in [-0.1, -0.05) is 0 Å².